The van der Waals surface area contributed by atoms with E-state index in [1.54, 1.807) is 24.3 Å². The number of aliphatic hydroxyl groups is 2. The molecule has 0 saturated carbocycles. The Bertz CT molecular complexity index is 931. The molecule has 0 radical (unpaired) electrons. The van der Waals surface area contributed by atoms with Crippen molar-refractivity contribution in [3.05, 3.63) is 41.5 Å². The van der Waals surface area contributed by atoms with Gasteiger partial charge in [-0.15, -0.1) is 0 Å². The van der Waals surface area contributed by atoms with E-state index in [4.69, 9.17) is 14.6 Å². The summed E-state index contributed by atoms with van der Waals surface area (Å²) in [7, 11) is 0. The molecule has 5 atom stereocenters. The number of halogens is 3. The molecule has 1 unspecified atom stereocenters. The Morgan fingerprint density at radius 3 is 2.67 bits per heavy atom. The van der Waals surface area contributed by atoms with Gasteiger partial charge in [0.1, 0.15) is 24.5 Å². The highest BCUT2D eigenvalue weighted by Crippen LogP contribution is 2.47. The predicted octanol–water partition coefficient (Wildman–Crippen LogP) is 0.737. The van der Waals surface area contributed by atoms with E-state index in [1.807, 2.05) is 0 Å². The minimum Gasteiger partial charge on any atom is -0.486 e. The van der Waals surface area contributed by atoms with E-state index < -0.39 is 54.6 Å². The summed E-state index contributed by atoms with van der Waals surface area (Å²) in [5, 5.41) is 22.7. The third kappa shape index (κ3) is 4.71. The number of rotatable bonds is 6. The third-order valence-corrected chi connectivity index (χ3v) is 6.15. The van der Waals surface area contributed by atoms with Crippen LogP contribution >= 0.6 is 0 Å². The van der Waals surface area contributed by atoms with Crippen LogP contribution in [0.2, 0.25) is 0 Å². The number of carbonyl (C=O) groups is 2. The molecule has 1 aromatic carbocycles. The molecule has 0 aromatic heterocycles. The van der Waals surface area contributed by atoms with Gasteiger partial charge in [-0.2, -0.15) is 13.2 Å². The summed E-state index contributed by atoms with van der Waals surface area (Å²) >= 11 is 0. The second-order valence-corrected chi connectivity index (χ2v) is 8.32. The zero-order valence-corrected chi connectivity index (χ0v) is 17.6. The van der Waals surface area contributed by atoms with Crippen molar-refractivity contribution in [1.29, 1.82) is 0 Å². The van der Waals surface area contributed by atoms with Crippen LogP contribution in [0.25, 0.3) is 0 Å². The fraction of sp³-hybridized carbons (Fsp3) is 0.545. The summed E-state index contributed by atoms with van der Waals surface area (Å²) in [5.74, 6) is -2.50. The second kappa shape index (κ2) is 9.32. The van der Waals surface area contributed by atoms with E-state index in [9.17, 15) is 27.9 Å². The molecule has 33 heavy (non-hydrogen) atoms. The van der Waals surface area contributed by atoms with Crippen molar-refractivity contribution in [2.24, 2.45) is 5.92 Å². The Morgan fingerprint density at radius 1 is 1.24 bits per heavy atom. The largest absolute Gasteiger partial charge is 0.486 e. The van der Waals surface area contributed by atoms with E-state index in [0.717, 1.165) is 0 Å². The molecule has 2 amide bonds. The first kappa shape index (κ1) is 23.5. The minimum atomic E-state index is -4.72. The highest BCUT2D eigenvalue weighted by atomic mass is 19.4. The first-order valence-electron chi connectivity index (χ1n) is 10.7. The van der Waals surface area contributed by atoms with E-state index >= 15 is 0 Å². The molecule has 2 aliphatic heterocycles. The zero-order chi connectivity index (χ0) is 23.8. The molecule has 3 N–H and O–H groups in total. The third-order valence-electron chi connectivity index (χ3n) is 6.15. The fourth-order valence-electron chi connectivity index (χ4n) is 4.68. The van der Waals surface area contributed by atoms with Crippen LogP contribution in [0.1, 0.15) is 17.9 Å². The van der Waals surface area contributed by atoms with Gasteiger partial charge in [0.05, 0.1) is 31.1 Å². The van der Waals surface area contributed by atoms with Crippen molar-refractivity contribution < 1.29 is 42.4 Å². The first-order chi connectivity index (χ1) is 15.7. The quantitative estimate of drug-likeness (QED) is 0.566. The van der Waals surface area contributed by atoms with Crippen LogP contribution in [0.5, 0.6) is 5.75 Å². The van der Waals surface area contributed by atoms with Gasteiger partial charge >= 0.3 is 6.18 Å². The number of carbonyl (C=O) groups excluding carboxylic acids is 2. The van der Waals surface area contributed by atoms with Gasteiger partial charge < -0.3 is 29.9 Å². The van der Waals surface area contributed by atoms with Gasteiger partial charge in [0.25, 0.3) is 0 Å². The summed E-state index contributed by atoms with van der Waals surface area (Å²) in [6.07, 6.45) is -5.79. The summed E-state index contributed by atoms with van der Waals surface area (Å²) in [6.45, 7) is -1.72. The molecule has 1 aromatic rings. The predicted molar refractivity (Wildman–Crippen MR) is 108 cm³/mol. The Morgan fingerprint density at radius 2 is 2.00 bits per heavy atom. The lowest BCUT2D eigenvalue weighted by molar-refractivity contribution is -0.172. The zero-order valence-electron chi connectivity index (χ0n) is 17.6. The van der Waals surface area contributed by atoms with Crippen molar-refractivity contribution in [2.45, 2.75) is 36.8 Å². The van der Waals surface area contributed by atoms with Gasteiger partial charge in [-0.05, 0) is 18.6 Å². The van der Waals surface area contributed by atoms with Gasteiger partial charge in [-0.3, -0.25) is 9.59 Å². The number of amides is 2. The molecule has 180 valence electrons. The molecule has 2 heterocycles. The second-order valence-electron chi connectivity index (χ2n) is 8.32. The lowest BCUT2D eigenvalue weighted by atomic mass is 9.77. The van der Waals surface area contributed by atoms with E-state index in [2.05, 4.69) is 5.32 Å². The number of ether oxygens (including phenoxy) is 2. The number of fused-ring (bicyclic) bond motifs is 3. The number of para-hydroxylation sites is 1. The van der Waals surface area contributed by atoms with Crippen LogP contribution in [0.3, 0.4) is 0 Å². The normalized spacial score (nSPS) is 28.4. The van der Waals surface area contributed by atoms with Gasteiger partial charge in [-0.25, -0.2) is 0 Å². The topological polar surface area (TPSA) is 108 Å². The average molecular weight is 470 g/mol. The number of alkyl halides is 3. The van der Waals surface area contributed by atoms with Crippen LogP contribution in [-0.4, -0.2) is 84.3 Å². The number of nitrogens with zero attached hydrogens (tertiary/aromatic N) is 1. The Labute approximate surface area is 188 Å². The Kier molecular flexibility index (Phi) is 6.64. The summed E-state index contributed by atoms with van der Waals surface area (Å²) in [6, 6.07) is 5.35. The molecular weight excluding hydrogens is 445 g/mol. The highest BCUT2D eigenvalue weighted by Gasteiger charge is 2.52. The molecule has 0 bridgehead atoms. The van der Waals surface area contributed by atoms with E-state index in [1.165, 1.54) is 6.08 Å². The number of nitrogens with one attached hydrogen (secondary N) is 1. The minimum absolute atomic E-state index is 0.00242. The smallest absolute Gasteiger partial charge is 0.406 e. The monoisotopic (exact) mass is 470 g/mol. The maximum absolute atomic E-state index is 13.5. The number of benzene rings is 1. The van der Waals surface area contributed by atoms with E-state index in [-0.39, 0.29) is 38.4 Å². The molecule has 4 rings (SSSR count). The van der Waals surface area contributed by atoms with Gasteiger partial charge in [-0.1, -0.05) is 18.2 Å². The summed E-state index contributed by atoms with van der Waals surface area (Å²) in [5.41, 5.74) is 0.694. The van der Waals surface area contributed by atoms with Crippen molar-refractivity contribution in [2.75, 3.05) is 32.9 Å². The molecular formula is C22H25F3N2O6. The van der Waals surface area contributed by atoms with Crippen LogP contribution in [-0.2, 0) is 14.3 Å². The SMILES string of the molecule is O=C(NCCO)C1=C[C@@H](N(CC(F)(F)F)C(=O)C2CCOC2)[C@H](O)[C@H]2Oc3ccccc3[C@@H]12. The fourth-order valence-corrected chi connectivity index (χ4v) is 4.68. The standard InChI is InChI=1S/C22H25F3N2O6/c23-22(24,25)11-27(21(31)12-5-8-32-10-12)15-9-14(20(30)26-6-7-28)17-13-3-1-2-4-16(13)33-19(17)18(15)29/h1-4,9,12,15,17-19,28-29H,5-8,10-11H2,(H,26,30)/t12?,15-,17+,18+,19+/m1/s1. The van der Waals surface area contributed by atoms with Crippen LogP contribution < -0.4 is 10.1 Å². The number of hydrogen-bond acceptors (Lipinski definition) is 6. The van der Waals surface area contributed by atoms with Crippen LogP contribution in [0.4, 0.5) is 13.2 Å². The summed E-state index contributed by atoms with van der Waals surface area (Å²) in [4.78, 5) is 26.6. The maximum Gasteiger partial charge on any atom is 0.406 e. The average Bonchev–Trinajstić information content (AvgIpc) is 3.44. The van der Waals surface area contributed by atoms with Crippen molar-refractivity contribution in [1.82, 2.24) is 10.2 Å². The molecule has 1 saturated heterocycles. The van der Waals surface area contributed by atoms with Crippen molar-refractivity contribution >= 4 is 11.8 Å². The van der Waals surface area contributed by atoms with Crippen LogP contribution in [0, 0.1) is 5.92 Å². The highest BCUT2D eigenvalue weighted by molar-refractivity contribution is 5.96. The first-order valence-corrected chi connectivity index (χ1v) is 10.7. The Hall–Kier alpha value is -2.63. The molecule has 8 nitrogen and oxygen atoms in total. The lowest BCUT2D eigenvalue weighted by Crippen LogP contribution is -2.58. The van der Waals surface area contributed by atoms with Crippen molar-refractivity contribution in [3.63, 3.8) is 0 Å². The van der Waals surface area contributed by atoms with Crippen molar-refractivity contribution in [3.8, 4) is 5.75 Å². The van der Waals surface area contributed by atoms with Gasteiger partial charge in [0.2, 0.25) is 11.8 Å². The Balaban J connectivity index is 1.75. The van der Waals surface area contributed by atoms with E-state index in [0.29, 0.717) is 16.2 Å². The number of aliphatic hydroxyl groups excluding tert-OH is 2. The van der Waals surface area contributed by atoms with Gasteiger partial charge in [0.15, 0.2) is 0 Å². The molecule has 1 fully saturated rings. The van der Waals surface area contributed by atoms with Crippen LogP contribution in [0.15, 0.2) is 35.9 Å². The lowest BCUT2D eigenvalue weighted by Gasteiger charge is -2.41. The molecule has 1 aliphatic carbocycles. The summed E-state index contributed by atoms with van der Waals surface area (Å²) < 4.78 is 51.5. The maximum atomic E-state index is 13.5. The number of hydrogen-bond donors (Lipinski definition) is 3. The molecule has 0 spiro atoms. The molecule has 11 heteroatoms. The van der Waals surface area contributed by atoms with Gasteiger partial charge in [0, 0.05) is 24.3 Å². The molecule has 3 aliphatic rings.